The van der Waals surface area contributed by atoms with E-state index in [4.69, 9.17) is 4.74 Å². The number of hydrogen-bond acceptors (Lipinski definition) is 6. The number of ether oxygens (including phenoxy) is 1. The van der Waals surface area contributed by atoms with Crippen LogP contribution in [0.15, 0.2) is 18.2 Å². The number of hydrogen-bond donors (Lipinski definition) is 2. The lowest BCUT2D eigenvalue weighted by Crippen LogP contribution is -2.42. The number of H-pyrrole nitrogens is 2. The highest BCUT2D eigenvalue weighted by atomic mass is 16.5. The van der Waals surface area contributed by atoms with E-state index in [0.717, 1.165) is 11.3 Å². The maximum atomic E-state index is 12.8. The number of fused-ring (bicyclic) bond motifs is 1. The molecule has 130 valence electrons. The summed E-state index contributed by atoms with van der Waals surface area (Å²) < 4.78 is 5.78. The molecule has 1 atom stereocenters. The first-order valence-electron chi connectivity index (χ1n) is 8.25. The molecule has 1 unspecified atom stereocenters. The molecule has 1 aliphatic heterocycles. The summed E-state index contributed by atoms with van der Waals surface area (Å²) in [7, 11) is 0. The molecule has 1 amide bonds. The largest absolute Gasteiger partial charge is 0.367 e. The molecule has 2 N–H and O–H groups in total. The first-order chi connectivity index (χ1) is 12.1. The smallest absolute Gasteiger partial charge is 0.254 e. The highest BCUT2D eigenvalue weighted by molar-refractivity contribution is 5.97. The molecule has 3 aromatic rings. The van der Waals surface area contributed by atoms with Crippen LogP contribution in [0.2, 0.25) is 0 Å². The van der Waals surface area contributed by atoms with Crippen molar-refractivity contribution in [2.45, 2.75) is 25.9 Å². The minimum Gasteiger partial charge on any atom is -0.367 e. The topological polar surface area (TPSA) is 113 Å². The molecule has 9 heteroatoms. The van der Waals surface area contributed by atoms with Gasteiger partial charge in [0.05, 0.1) is 13.2 Å². The standard InChI is InChI=1S/C16H19N7O2/c1-9(2)14-17-15(21-20-14)13-8-23(5-6-25-13)16(24)10-3-4-11-12(7-10)19-22-18-11/h3-4,7,9,13H,5-6,8H2,1-2H3,(H,17,20,21)(H,18,19,22). The zero-order valence-corrected chi connectivity index (χ0v) is 14.1. The van der Waals surface area contributed by atoms with Crippen molar-refractivity contribution in [2.24, 2.45) is 0 Å². The highest BCUT2D eigenvalue weighted by Crippen LogP contribution is 2.22. The third kappa shape index (κ3) is 2.98. The molecule has 0 saturated carbocycles. The SMILES string of the molecule is CC(C)c1n[nH]c(C2CN(C(=O)c3ccc4n[nH]nc4c3)CCO2)n1. The molecular weight excluding hydrogens is 322 g/mol. The molecule has 3 heterocycles. The average molecular weight is 341 g/mol. The van der Waals surface area contributed by atoms with Crippen molar-refractivity contribution in [3.05, 3.63) is 35.4 Å². The average Bonchev–Trinajstić information content (AvgIpc) is 3.30. The lowest BCUT2D eigenvalue weighted by Gasteiger charge is -2.31. The molecule has 0 aliphatic carbocycles. The van der Waals surface area contributed by atoms with Crippen molar-refractivity contribution >= 4 is 16.9 Å². The van der Waals surface area contributed by atoms with Crippen LogP contribution in [-0.4, -0.2) is 61.1 Å². The molecule has 1 aliphatic rings. The third-order valence-electron chi connectivity index (χ3n) is 4.26. The van der Waals surface area contributed by atoms with Crippen molar-refractivity contribution in [3.8, 4) is 0 Å². The first-order valence-corrected chi connectivity index (χ1v) is 8.25. The third-order valence-corrected chi connectivity index (χ3v) is 4.26. The predicted molar refractivity (Wildman–Crippen MR) is 89.0 cm³/mol. The number of nitrogens with one attached hydrogen (secondary N) is 2. The van der Waals surface area contributed by atoms with E-state index in [1.807, 2.05) is 13.8 Å². The highest BCUT2D eigenvalue weighted by Gasteiger charge is 2.28. The first kappa shape index (κ1) is 15.7. The van der Waals surface area contributed by atoms with Crippen molar-refractivity contribution in [1.82, 2.24) is 35.5 Å². The molecule has 1 saturated heterocycles. The monoisotopic (exact) mass is 341 g/mol. The number of rotatable bonds is 3. The number of benzene rings is 1. The van der Waals surface area contributed by atoms with Crippen molar-refractivity contribution in [3.63, 3.8) is 0 Å². The Morgan fingerprint density at radius 2 is 2.12 bits per heavy atom. The number of amides is 1. The van der Waals surface area contributed by atoms with E-state index in [1.165, 1.54) is 0 Å². The molecular formula is C16H19N7O2. The van der Waals surface area contributed by atoms with Gasteiger partial charge in [-0.3, -0.25) is 9.89 Å². The van der Waals surface area contributed by atoms with Crippen LogP contribution in [0.1, 0.15) is 47.9 Å². The zero-order chi connectivity index (χ0) is 17.4. The van der Waals surface area contributed by atoms with Crippen LogP contribution in [0.4, 0.5) is 0 Å². The summed E-state index contributed by atoms with van der Waals surface area (Å²) in [6.07, 6.45) is -0.298. The van der Waals surface area contributed by atoms with Gasteiger partial charge in [0, 0.05) is 18.0 Å². The van der Waals surface area contributed by atoms with Gasteiger partial charge in [-0.1, -0.05) is 13.8 Å². The van der Waals surface area contributed by atoms with Gasteiger partial charge in [-0.05, 0) is 18.2 Å². The van der Waals surface area contributed by atoms with Crippen LogP contribution in [0, 0.1) is 0 Å². The maximum absolute atomic E-state index is 12.8. The Morgan fingerprint density at radius 1 is 1.28 bits per heavy atom. The van der Waals surface area contributed by atoms with E-state index in [0.29, 0.717) is 36.6 Å². The van der Waals surface area contributed by atoms with Gasteiger partial charge >= 0.3 is 0 Å². The lowest BCUT2D eigenvalue weighted by atomic mass is 10.1. The Morgan fingerprint density at radius 3 is 2.92 bits per heavy atom. The lowest BCUT2D eigenvalue weighted by molar-refractivity contribution is -0.0266. The molecule has 1 fully saturated rings. The van der Waals surface area contributed by atoms with E-state index < -0.39 is 0 Å². The fourth-order valence-electron chi connectivity index (χ4n) is 2.85. The van der Waals surface area contributed by atoms with E-state index in [2.05, 4.69) is 30.6 Å². The van der Waals surface area contributed by atoms with Crippen LogP contribution < -0.4 is 0 Å². The summed E-state index contributed by atoms with van der Waals surface area (Å²) in [6, 6.07) is 5.30. The Balaban J connectivity index is 1.52. The molecule has 2 aromatic heterocycles. The summed E-state index contributed by atoms with van der Waals surface area (Å²) in [6.45, 7) is 5.50. The summed E-state index contributed by atoms with van der Waals surface area (Å²) in [4.78, 5) is 19.1. The van der Waals surface area contributed by atoms with Gasteiger partial charge in [0.15, 0.2) is 11.6 Å². The molecule has 4 rings (SSSR count). The Bertz CT molecular complexity index is 901. The second-order valence-electron chi connectivity index (χ2n) is 6.37. The zero-order valence-electron chi connectivity index (χ0n) is 14.1. The fraction of sp³-hybridized carbons (Fsp3) is 0.438. The summed E-state index contributed by atoms with van der Waals surface area (Å²) in [5, 5.41) is 17.7. The van der Waals surface area contributed by atoms with Gasteiger partial charge in [-0.25, -0.2) is 4.98 Å². The molecule has 9 nitrogen and oxygen atoms in total. The minimum absolute atomic E-state index is 0.0539. The van der Waals surface area contributed by atoms with E-state index in [1.54, 1.807) is 23.1 Å². The van der Waals surface area contributed by atoms with Crippen molar-refractivity contribution in [2.75, 3.05) is 19.7 Å². The van der Waals surface area contributed by atoms with Crippen LogP contribution in [0.5, 0.6) is 0 Å². The van der Waals surface area contributed by atoms with Gasteiger partial charge in [0.1, 0.15) is 17.1 Å². The van der Waals surface area contributed by atoms with Crippen LogP contribution >= 0.6 is 0 Å². The number of nitrogens with zero attached hydrogens (tertiary/aromatic N) is 5. The number of aromatic nitrogens is 6. The van der Waals surface area contributed by atoms with Gasteiger partial charge < -0.3 is 9.64 Å². The van der Waals surface area contributed by atoms with Crippen molar-refractivity contribution in [1.29, 1.82) is 0 Å². The number of carbonyl (C=O) groups is 1. The van der Waals surface area contributed by atoms with Gasteiger partial charge in [-0.15, -0.1) is 0 Å². The predicted octanol–water partition coefficient (Wildman–Crippen LogP) is 1.41. The number of morpholine rings is 1. The summed E-state index contributed by atoms with van der Waals surface area (Å²) in [5.41, 5.74) is 1.99. The number of aromatic amines is 2. The van der Waals surface area contributed by atoms with E-state index in [-0.39, 0.29) is 17.9 Å². The Kier molecular flexibility index (Phi) is 3.92. The Hall–Kier alpha value is -2.81. The van der Waals surface area contributed by atoms with Crippen LogP contribution in [-0.2, 0) is 4.74 Å². The van der Waals surface area contributed by atoms with Gasteiger partial charge in [-0.2, -0.15) is 20.5 Å². The molecule has 1 aromatic carbocycles. The van der Waals surface area contributed by atoms with Gasteiger partial charge in [0.2, 0.25) is 0 Å². The fourth-order valence-corrected chi connectivity index (χ4v) is 2.85. The van der Waals surface area contributed by atoms with Gasteiger partial charge in [0.25, 0.3) is 5.91 Å². The second kappa shape index (κ2) is 6.25. The van der Waals surface area contributed by atoms with Crippen LogP contribution in [0.3, 0.4) is 0 Å². The van der Waals surface area contributed by atoms with E-state index >= 15 is 0 Å². The molecule has 0 spiro atoms. The van der Waals surface area contributed by atoms with Crippen molar-refractivity contribution < 1.29 is 9.53 Å². The molecule has 0 radical (unpaired) electrons. The molecule has 25 heavy (non-hydrogen) atoms. The van der Waals surface area contributed by atoms with E-state index in [9.17, 15) is 4.79 Å². The minimum atomic E-state index is -0.298. The summed E-state index contributed by atoms with van der Waals surface area (Å²) in [5.74, 6) is 1.59. The normalized spacial score (nSPS) is 18.2. The Labute approximate surface area is 143 Å². The quantitative estimate of drug-likeness (QED) is 0.745. The molecule has 0 bridgehead atoms. The van der Waals surface area contributed by atoms with Crippen LogP contribution in [0.25, 0.3) is 11.0 Å². The second-order valence-corrected chi connectivity index (χ2v) is 6.37. The maximum Gasteiger partial charge on any atom is 0.254 e. The summed E-state index contributed by atoms with van der Waals surface area (Å²) >= 11 is 0. The number of carbonyl (C=O) groups excluding carboxylic acids is 1.